The number of hydrogen-bond acceptors (Lipinski definition) is 2. The highest BCUT2D eigenvalue weighted by atomic mass is 79.9. The van der Waals surface area contributed by atoms with Crippen LogP contribution in [0.25, 0.3) is 0 Å². The lowest BCUT2D eigenvalue weighted by atomic mass is 9.98. The summed E-state index contributed by atoms with van der Waals surface area (Å²) < 4.78 is 14.8. The van der Waals surface area contributed by atoms with Gasteiger partial charge in [-0.3, -0.25) is 0 Å². The molecule has 0 bridgehead atoms. The van der Waals surface area contributed by atoms with Crippen LogP contribution in [0.1, 0.15) is 23.7 Å². The fourth-order valence-electron chi connectivity index (χ4n) is 2.65. The van der Waals surface area contributed by atoms with Crippen LogP contribution in [-0.2, 0) is 6.54 Å². The van der Waals surface area contributed by atoms with E-state index in [1.54, 1.807) is 6.07 Å². The molecule has 0 aliphatic carbocycles. The summed E-state index contributed by atoms with van der Waals surface area (Å²) in [5.41, 5.74) is 2.57. The first-order chi connectivity index (χ1) is 9.65. The first kappa shape index (κ1) is 13.6. The van der Waals surface area contributed by atoms with Gasteiger partial charge in [0.05, 0.1) is 6.10 Å². The Morgan fingerprint density at radius 2 is 2.05 bits per heavy atom. The molecule has 2 aromatic rings. The molecule has 1 atom stereocenters. The summed E-state index contributed by atoms with van der Waals surface area (Å²) in [5.74, 6) is -0.197. The van der Waals surface area contributed by atoms with Crippen LogP contribution < -0.4 is 4.90 Å². The average molecular weight is 336 g/mol. The smallest absolute Gasteiger partial charge is 0.128 e. The molecule has 0 aromatic heterocycles. The molecular formula is C16H15BrFNO. The van der Waals surface area contributed by atoms with Crippen molar-refractivity contribution < 1.29 is 9.50 Å². The summed E-state index contributed by atoms with van der Waals surface area (Å²) in [5, 5.41) is 10.0. The number of halogens is 2. The van der Waals surface area contributed by atoms with Gasteiger partial charge in [-0.2, -0.15) is 0 Å². The molecule has 4 heteroatoms. The van der Waals surface area contributed by atoms with E-state index in [1.807, 2.05) is 30.3 Å². The van der Waals surface area contributed by atoms with E-state index in [0.717, 1.165) is 22.3 Å². The maximum absolute atomic E-state index is 13.9. The average Bonchev–Trinajstić information content (AvgIpc) is 2.46. The third kappa shape index (κ3) is 2.58. The maximum Gasteiger partial charge on any atom is 0.128 e. The quantitative estimate of drug-likeness (QED) is 0.895. The van der Waals surface area contributed by atoms with Crippen molar-refractivity contribution >= 4 is 21.6 Å². The topological polar surface area (TPSA) is 23.5 Å². The molecule has 0 spiro atoms. The Bertz CT molecular complexity index is 632. The third-order valence-corrected chi connectivity index (χ3v) is 4.17. The standard InChI is InChI=1S/C16H15BrFNO/c17-12-5-6-14(18)11(9-12)10-19-8-7-16(20)13-3-1-2-4-15(13)19/h1-6,9,16,20H,7-8,10H2. The molecule has 20 heavy (non-hydrogen) atoms. The monoisotopic (exact) mass is 335 g/mol. The van der Waals surface area contributed by atoms with Gasteiger partial charge in [-0.25, -0.2) is 4.39 Å². The van der Waals surface area contributed by atoms with Crippen molar-refractivity contribution in [3.05, 3.63) is 63.9 Å². The van der Waals surface area contributed by atoms with Crippen LogP contribution in [0.5, 0.6) is 0 Å². The van der Waals surface area contributed by atoms with Gasteiger partial charge in [-0.05, 0) is 30.7 Å². The lowest BCUT2D eigenvalue weighted by molar-refractivity contribution is 0.164. The zero-order valence-corrected chi connectivity index (χ0v) is 12.5. The van der Waals surface area contributed by atoms with Gasteiger partial charge in [0.25, 0.3) is 0 Å². The van der Waals surface area contributed by atoms with Gasteiger partial charge in [-0.1, -0.05) is 34.1 Å². The minimum absolute atomic E-state index is 0.197. The van der Waals surface area contributed by atoms with Crippen molar-refractivity contribution in [2.45, 2.75) is 19.1 Å². The van der Waals surface area contributed by atoms with Crippen molar-refractivity contribution in [2.24, 2.45) is 0 Å². The van der Waals surface area contributed by atoms with Gasteiger partial charge in [-0.15, -0.1) is 0 Å². The number of aliphatic hydroxyl groups is 1. The predicted octanol–water partition coefficient (Wildman–Crippen LogP) is 4.03. The minimum Gasteiger partial charge on any atom is -0.388 e. The lowest BCUT2D eigenvalue weighted by Crippen LogP contribution is -2.31. The Labute approximate surface area is 126 Å². The molecular weight excluding hydrogens is 321 g/mol. The van der Waals surface area contributed by atoms with Gasteiger partial charge in [0.15, 0.2) is 0 Å². The molecule has 0 fully saturated rings. The van der Waals surface area contributed by atoms with E-state index in [0.29, 0.717) is 18.5 Å². The summed E-state index contributed by atoms with van der Waals surface area (Å²) in [6.07, 6.45) is 0.252. The van der Waals surface area contributed by atoms with Crippen LogP contribution in [0.4, 0.5) is 10.1 Å². The van der Waals surface area contributed by atoms with E-state index < -0.39 is 6.10 Å². The van der Waals surface area contributed by atoms with Crippen molar-refractivity contribution in [2.75, 3.05) is 11.4 Å². The van der Waals surface area contributed by atoms with Gasteiger partial charge < -0.3 is 10.0 Å². The van der Waals surface area contributed by atoms with Crippen molar-refractivity contribution in [3.8, 4) is 0 Å². The van der Waals surface area contributed by atoms with Gasteiger partial charge in [0, 0.05) is 34.4 Å². The molecule has 0 saturated carbocycles. The SMILES string of the molecule is OC1CCN(Cc2cc(Br)ccc2F)c2ccccc21. The number of fused-ring (bicyclic) bond motifs is 1. The normalized spacial score (nSPS) is 17.9. The Hall–Kier alpha value is -1.39. The summed E-state index contributed by atoms with van der Waals surface area (Å²) >= 11 is 3.38. The van der Waals surface area contributed by atoms with E-state index >= 15 is 0 Å². The van der Waals surface area contributed by atoms with Crippen molar-refractivity contribution in [1.82, 2.24) is 0 Å². The molecule has 1 N–H and O–H groups in total. The number of anilines is 1. The van der Waals surface area contributed by atoms with Crippen molar-refractivity contribution in [3.63, 3.8) is 0 Å². The molecule has 3 rings (SSSR count). The Morgan fingerprint density at radius 3 is 2.90 bits per heavy atom. The number of nitrogens with zero attached hydrogens (tertiary/aromatic N) is 1. The van der Waals surface area contributed by atoms with Crippen LogP contribution in [0.3, 0.4) is 0 Å². The second-order valence-corrected chi connectivity index (χ2v) is 5.94. The van der Waals surface area contributed by atoms with E-state index in [4.69, 9.17) is 0 Å². The largest absolute Gasteiger partial charge is 0.388 e. The van der Waals surface area contributed by atoms with Crippen LogP contribution in [0.15, 0.2) is 46.9 Å². The predicted molar refractivity (Wildman–Crippen MR) is 81.2 cm³/mol. The van der Waals surface area contributed by atoms with Gasteiger partial charge >= 0.3 is 0 Å². The summed E-state index contributed by atoms with van der Waals surface area (Å²) in [4.78, 5) is 2.12. The van der Waals surface area contributed by atoms with Crippen LogP contribution in [-0.4, -0.2) is 11.7 Å². The highest BCUT2D eigenvalue weighted by Crippen LogP contribution is 2.34. The van der Waals surface area contributed by atoms with Gasteiger partial charge in [0.1, 0.15) is 5.82 Å². The Balaban J connectivity index is 1.92. The number of benzene rings is 2. The van der Waals surface area contributed by atoms with E-state index in [9.17, 15) is 9.50 Å². The number of hydrogen-bond donors (Lipinski definition) is 1. The minimum atomic E-state index is -0.421. The number of aliphatic hydroxyl groups excluding tert-OH is 1. The van der Waals surface area contributed by atoms with Crippen LogP contribution in [0, 0.1) is 5.82 Å². The van der Waals surface area contributed by atoms with E-state index in [2.05, 4.69) is 20.8 Å². The number of rotatable bonds is 2. The summed E-state index contributed by atoms with van der Waals surface area (Å²) in [7, 11) is 0. The summed E-state index contributed by atoms with van der Waals surface area (Å²) in [6, 6.07) is 12.8. The van der Waals surface area contributed by atoms with E-state index in [-0.39, 0.29) is 5.82 Å². The maximum atomic E-state index is 13.9. The zero-order chi connectivity index (χ0) is 14.1. The lowest BCUT2D eigenvalue weighted by Gasteiger charge is -2.34. The second kappa shape index (κ2) is 5.54. The zero-order valence-electron chi connectivity index (χ0n) is 10.9. The molecule has 2 aromatic carbocycles. The number of para-hydroxylation sites is 1. The highest BCUT2D eigenvalue weighted by molar-refractivity contribution is 9.10. The first-order valence-corrected chi connectivity index (χ1v) is 7.40. The highest BCUT2D eigenvalue weighted by Gasteiger charge is 2.23. The Kier molecular flexibility index (Phi) is 3.76. The van der Waals surface area contributed by atoms with Crippen LogP contribution >= 0.6 is 15.9 Å². The van der Waals surface area contributed by atoms with Crippen molar-refractivity contribution in [1.29, 1.82) is 0 Å². The van der Waals surface area contributed by atoms with E-state index in [1.165, 1.54) is 6.07 Å². The summed E-state index contributed by atoms with van der Waals surface area (Å²) in [6.45, 7) is 1.24. The molecule has 104 valence electrons. The molecule has 2 nitrogen and oxygen atoms in total. The molecule has 0 saturated heterocycles. The van der Waals surface area contributed by atoms with Crippen LogP contribution in [0.2, 0.25) is 0 Å². The molecule has 0 amide bonds. The molecule has 1 aliphatic rings. The van der Waals surface area contributed by atoms with Gasteiger partial charge in [0.2, 0.25) is 0 Å². The molecule has 0 radical (unpaired) electrons. The third-order valence-electron chi connectivity index (χ3n) is 3.68. The fourth-order valence-corrected chi connectivity index (χ4v) is 3.05. The molecule has 1 aliphatic heterocycles. The Morgan fingerprint density at radius 1 is 1.25 bits per heavy atom. The fraction of sp³-hybridized carbons (Fsp3) is 0.250. The first-order valence-electron chi connectivity index (χ1n) is 6.61. The second-order valence-electron chi connectivity index (χ2n) is 5.02. The molecule has 1 unspecified atom stereocenters. The molecule has 1 heterocycles.